The van der Waals surface area contributed by atoms with E-state index in [2.05, 4.69) is 20.5 Å². The Bertz CT molecular complexity index is 1320. The molecular weight excluding hydrogens is 511 g/mol. The molecule has 0 radical (unpaired) electrons. The second kappa shape index (κ2) is 10.6. The first-order valence-corrected chi connectivity index (χ1v) is 11.7. The minimum Gasteiger partial charge on any atom is -0.481 e. The molecule has 3 aromatic rings. The van der Waals surface area contributed by atoms with Gasteiger partial charge in [0.05, 0.1) is 31.7 Å². The van der Waals surface area contributed by atoms with Crippen molar-refractivity contribution in [1.82, 2.24) is 20.0 Å². The maximum Gasteiger partial charge on any atom is 0.213 e. The summed E-state index contributed by atoms with van der Waals surface area (Å²) in [5.74, 6) is -4.00. The van der Waals surface area contributed by atoms with Gasteiger partial charge in [0, 0.05) is 36.2 Å². The summed E-state index contributed by atoms with van der Waals surface area (Å²) in [6.07, 6.45) is -1.80. The Balaban J connectivity index is 1.33. The molecule has 2 aliphatic heterocycles. The SMILES string of the molecule is COc1cc(C2=NOC(C[C@H]3O[C@H](CO)[C@H](O)[C@H](n4cc(-c5cc(F)c(F)c(F)c5)nn4)[C@H]3O)C2)ccn1. The van der Waals surface area contributed by atoms with Gasteiger partial charge in [-0.2, -0.15) is 0 Å². The van der Waals surface area contributed by atoms with E-state index in [1.807, 2.05) is 0 Å². The summed E-state index contributed by atoms with van der Waals surface area (Å²) in [6.45, 7) is -0.555. The molecule has 1 unspecified atom stereocenters. The van der Waals surface area contributed by atoms with Gasteiger partial charge >= 0.3 is 0 Å². The van der Waals surface area contributed by atoms with Crippen LogP contribution in [0.4, 0.5) is 13.2 Å². The van der Waals surface area contributed by atoms with E-state index in [0.717, 1.165) is 22.4 Å². The number of benzene rings is 1. The molecule has 202 valence electrons. The zero-order chi connectivity index (χ0) is 27.0. The number of rotatable bonds is 7. The average Bonchev–Trinajstić information content (AvgIpc) is 3.59. The lowest BCUT2D eigenvalue weighted by Crippen LogP contribution is -2.56. The van der Waals surface area contributed by atoms with Crippen molar-refractivity contribution < 1.29 is 42.8 Å². The molecule has 0 aliphatic carbocycles. The summed E-state index contributed by atoms with van der Waals surface area (Å²) in [5.41, 5.74) is 1.30. The predicted molar refractivity (Wildman–Crippen MR) is 124 cm³/mol. The Kier molecular flexibility index (Phi) is 7.29. The van der Waals surface area contributed by atoms with Crippen LogP contribution in [0.2, 0.25) is 0 Å². The lowest BCUT2D eigenvalue weighted by molar-refractivity contribution is -0.212. The third-order valence-electron chi connectivity index (χ3n) is 6.59. The molecule has 1 fully saturated rings. The van der Waals surface area contributed by atoms with Crippen LogP contribution in [0.15, 0.2) is 41.8 Å². The normalized spacial score (nSPS) is 27.2. The number of pyridine rings is 1. The molecule has 14 heteroatoms. The molecule has 1 aromatic carbocycles. The summed E-state index contributed by atoms with van der Waals surface area (Å²) in [7, 11) is 1.50. The summed E-state index contributed by atoms with van der Waals surface area (Å²) < 4.78 is 52.8. The van der Waals surface area contributed by atoms with Gasteiger partial charge in [0.25, 0.3) is 0 Å². The van der Waals surface area contributed by atoms with Gasteiger partial charge in [-0.15, -0.1) is 5.10 Å². The minimum atomic E-state index is -1.62. The Morgan fingerprint density at radius 1 is 1.08 bits per heavy atom. The maximum atomic E-state index is 13.7. The fourth-order valence-electron chi connectivity index (χ4n) is 4.63. The van der Waals surface area contributed by atoms with Crippen LogP contribution in [0.25, 0.3) is 11.3 Å². The molecule has 2 aromatic heterocycles. The Hall–Kier alpha value is -3.59. The first kappa shape index (κ1) is 26.0. The molecule has 3 N–H and O–H groups in total. The van der Waals surface area contributed by atoms with Gasteiger partial charge in [-0.1, -0.05) is 10.4 Å². The van der Waals surface area contributed by atoms with Gasteiger partial charge in [0.2, 0.25) is 5.88 Å². The van der Waals surface area contributed by atoms with Crippen LogP contribution in [-0.4, -0.2) is 85.2 Å². The highest BCUT2D eigenvalue weighted by molar-refractivity contribution is 6.01. The second-order valence-corrected chi connectivity index (χ2v) is 9.00. The molecular formula is C24H24F3N5O6. The van der Waals surface area contributed by atoms with Gasteiger partial charge in [-0.3, -0.25) is 0 Å². The van der Waals surface area contributed by atoms with Gasteiger partial charge in [-0.05, 0) is 18.2 Å². The van der Waals surface area contributed by atoms with E-state index >= 15 is 0 Å². The van der Waals surface area contributed by atoms with E-state index in [4.69, 9.17) is 14.3 Å². The smallest absolute Gasteiger partial charge is 0.213 e. The first-order chi connectivity index (χ1) is 18.3. The monoisotopic (exact) mass is 535 g/mol. The molecule has 2 aliphatic rings. The van der Waals surface area contributed by atoms with Gasteiger partial charge in [-0.25, -0.2) is 22.8 Å². The number of aliphatic hydroxyl groups excluding tert-OH is 3. The molecule has 0 bridgehead atoms. The van der Waals surface area contributed by atoms with Crippen LogP contribution >= 0.6 is 0 Å². The standard InChI is InChI=1S/C24H24F3N5O6/c1-36-20-6-11(2-3-28-20)16-7-13(38-30-16)8-18-23(34)22(24(35)19(10-33)37-18)32-9-17(29-31-32)12-4-14(25)21(27)15(26)5-12/h2-6,9,13,18-19,22-24,33-35H,7-8,10H2,1H3/t13?,18-,19-,22-,23+,24+/m1/s1. The molecule has 1 saturated heterocycles. The van der Waals surface area contributed by atoms with Crippen molar-refractivity contribution in [1.29, 1.82) is 0 Å². The highest BCUT2D eigenvalue weighted by atomic mass is 19.2. The zero-order valence-electron chi connectivity index (χ0n) is 20.0. The predicted octanol–water partition coefficient (Wildman–Crippen LogP) is 1.37. The Morgan fingerprint density at radius 3 is 2.53 bits per heavy atom. The van der Waals surface area contributed by atoms with Crippen LogP contribution < -0.4 is 4.74 Å². The summed E-state index contributed by atoms with van der Waals surface area (Å²) in [6, 6.07) is 3.86. The van der Waals surface area contributed by atoms with Crippen molar-refractivity contribution in [3.8, 4) is 17.1 Å². The number of halogens is 3. The van der Waals surface area contributed by atoms with E-state index in [0.29, 0.717) is 18.0 Å². The van der Waals surface area contributed by atoms with Crippen molar-refractivity contribution in [3.63, 3.8) is 0 Å². The van der Waals surface area contributed by atoms with Gasteiger partial charge < -0.3 is 29.6 Å². The fourth-order valence-corrected chi connectivity index (χ4v) is 4.63. The van der Waals surface area contributed by atoms with Crippen LogP contribution in [-0.2, 0) is 9.57 Å². The molecule has 0 spiro atoms. The van der Waals surface area contributed by atoms with Crippen molar-refractivity contribution >= 4 is 5.71 Å². The van der Waals surface area contributed by atoms with Crippen LogP contribution in [0, 0.1) is 17.5 Å². The summed E-state index contributed by atoms with van der Waals surface area (Å²) >= 11 is 0. The maximum absolute atomic E-state index is 13.7. The lowest BCUT2D eigenvalue weighted by Gasteiger charge is -2.42. The number of ether oxygens (including phenoxy) is 2. The summed E-state index contributed by atoms with van der Waals surface area (Å²) in [4.78, 5) is 9.61. The Labute approximate surface area is 214 Å². The Morgan fingerprint density at radius 2 is 1.82 bits per heavy atom. The van der Waals surface area contributed by atoms with E-state index in [1.165, 1.54) is 13.3 Å². The number of hydrogen-bond donors (Lipinski definition) is 3. The topological polar surface area (TPSA) is 144 Å². The highest BCUT2D eigenvalue weighted by Gasteiger charge is 2.47. The fraction of sp³-hybridized carbons (Fsp3) is 0.417. The number of oxime groups is 1. The number of aromatic nitrogens is 4. The molecule has 6 atom stereocenters. The first-order valence-electron chi connectivity index (χ1n) is 11.7. The van der Waals surface area contributed by atoms with E-state index in [9.17, 15) is 28.5 Å². The number of hydrogen-bond acceptors (Lipinski definition) is 10. The second-order valence-electron chi connectivity index (χ2n) is 9.00. The minimum absolute atomic E-state index is 0.0178. The van der Waals surface area contributed by atoms with E-state index in [1.54, 1.807) is 18.3 Å². The summed E-state index contributed by atoms with van der Waals surface area (Å²) in [5, 5.41) is 43.6. The highest BCUT2D eigenvalue weighted by Crippen LogP contribution is 2.34. The van der Waals surface area contributed by atoms with Crippen molar-refractivity contribution in [2.75, 3.05) is 13.7 Å². The molecule has 4 heterocycles. The zero-order valence-corrected chi connectivity index (χ0v) is 20.0. The molecule has 0 amide bonds. The molecule has 5 rings (SSSR count). The van der Waals surface area contributed by atoms with Crippen molar-refractivity contribution in [2.45, 2.75) is 49.4 Å². The van der Waals surface area contributed by atoms with E-state index in [-0.39, 0.29) is 17.7 Å². The number of aliphatic hydroxyl groups is 3. The van der Waals surface area contributed by atoms with E-state index < -0.39 is 60.6 Å². The van der Waals surface area contributed by atoms with Gasteiger partial charge in [0.1, 0.15) is 36.2 Å². The van der Waals surface area contributed by atoms with Crippen LogP contribution in [0.1, 0.15) is 24.4 Å². The third-order valence-corrected chi connectivity index (χ3v) is 6.59. The third kappa shape index (κ3) is 4.95. The van der Waals surface area contributed by atoms with Crippen LogP contribution in [0.5, 0.6) is 5.88 Å². The van der Waals surface area contributed by atoms with Crippen molar-refractivity contribution in [2.24, 2.45) is 5.16 Å². The average molecular weight is 535 g/mol. The van der Waals surface area contributed by atoms with Crippen LogP contribution in [0.3, 0.4) is 0 Å². The van der Waals surface area contributed by atoms with Crippen molar-refractivity contribution in [3.05, 3.63) is 59.7 Å². The number of methoxy groups -OCH3 is 1. The largest absolute Gasteiger partial charge is 0.481 e. The lowest BCUT2D eigenvalue weighted by atomic mass is 9.89. The molecule has 38 heavy (non-hydrogen) atoms. The molecule has 0 saturated carbocycles. The molecule has 11 nitrogen and oxygen atoms in total. The number of nitrogens with zero attached hydrogens (tertiary/aromatic N) is 5. The van der Waals surface area contributed by atoms with Gasteiger partial charge in [0.15, 0.2) is 17.5 Å². The quantitative estimate of drug-likeness (QED) is 0.382.